The van der Waals surface area contributed by atoms with Crippen molar-refractivity contribution in [1.29, 1.82) is 0 Å². The molecule has 0 amide bonds. The molecule has 9 heavy (non-hydrogen) atoms. The minimum Gasteiger partial charge on any atom is -0.157 e. The summed E-state index contributed by atoms with van der Waals surface area (Å²) in [5, 5.41) is 2.20. The van der Waals surface area contributed by atoms with Crippen molar-refractivity contribution < 1.29 is 0 Å². The zero-order valence-electron chi connectivity index (χ0n) is 5.09. The number of hydrogen-bond donors (Lipinski definition) is 0. The van der Waals surface area contributed by atoms with Gasteiger partial charge in [0.15, 0.2) is 0 Å². The standard InChI is InChI=1S/C7H8S2/c1-4-9-7-2-3-8-5-6(1)7/h1,4H,2-3,5H2. The van der Waals surface area contributed by atoms with Crippen molar-refractivity contribution in [3.05, 3.63) is 21.9 Å². The summed E-state index contributed by atoms with van der Waals surface area (Å²) in [7, 11) is 0. The van der Waals surface area contributed by atoms with Gasteiger partial charge in [-0.1, -0.05) is 0 Å². The third-order valence-electron chi connectivity index (χ3n) is 1.57. The van der Waals surface area contributed by atoms with Gasteiger partial charge in [-0.15, -0.1) is 11.3 Å². The van der Waals surface area contributed by atoms with E-state index in [0.29, 0.717) is 0 Å². The van der Waals surface area contributed by atoms with Crippen LogP contribution in [0.25, 0.3) is 0 Å². The Labute approximate surface area is 63.3 Å². The zero-order chi connectivity index (χ0) is 6.10. The molecule has 1 aliphatic heterocycles. The van der Waals surface area contributed by atoms with E-state index in [1.165, 1.54) is 17.9 Å². The second-order valence-corrected chi connectivity index (χ2v) is 4.28. The van der Waals surface area contributed by atoms with Gasteiger partial charge < -0.3 is 0 Å². The molecule has 0 aliphatic carbocycles. The van der Waals surface area contributed by atoms with Gasteiger partial charge in [0.25, 0.3) is 0 Å². The topological polar surface area (TPSA) is 0 Å². The monoisotopic (exact) mass is 156 g/mol. The van der Waals surface area contributed by atoms with Crippen LogP contribution in [0.4, 0.5) is 0 Å². The highest BCUT2D eigenvalue weighted by molar-refractivity contribution is 7.98. The van der Waals surface area contributed by atoms with Crippen LogP contribution in [0.2, 0.25) is 0 Å². The van der Waals surface area contributed by atoms with E-state index in [-0.39, 0.29) is 0 Å². The summed E-state index contributed by atoms with van der Waals surface area (Å²) < 4.78 is 0. The third kappa shape index (κ3) is 1.01. The third-order valence-corrected chi connectivity index (χ3v) is 3.60. The lowest BCUT2D eigenvalue weighted by Gasteiger charge is -2.08. The van der Waals surface area contributed by atoms with E-state index >= 15 is 0 Å². The molecule has 2 rings (SSSR count). The van der Waals surface area contributed by atoms with Crippen LogP contribution in [0, 0.1) is 0 Å². The summed E-state index contributed by atoms with van der Waals surface area (Å²) in [6.07, 6.45) is 1.30. The highest BCUT2D eigenvalue weighted by Crippen LogP contribution is 2.28. The van der Waals surface area contributed by atoms with Gasteiger partial charge >= 0.3 is 0 Å². The molecule has 1 aliphatic rings. The first-order chi connectivity index (χ1) is 4.47. The smallest absolute Gasteiger partial charge is 0.0195 e. The van der Waals surface area contributed by atoms with Crippen LogP contribution in [0.3, 0.4) is 0 Å². The first kappa shape index (κ1) is 5.81. The maximum Gasteiger partial charge on any atom is 0.0195 e. The van der Waals surface area contributed by atoms with Gasteiger partial charge in [0.1, 0.15) is 0 Å². The van der Waals surface area contributed by atoms with Gasteiger partial charge in [-0.2, -0.15) is 11.8 Å². The van der Waals surface area contributed by atoms with E-state index in [4.69, 9.17) is 0 Å². The molecule has 1 aromatic heterocycles. The molecular weight excluding hydrogens is 148 g/mol. The Kier molecular flexibility index (Phi) is 1.52. The molecule has 2 heteroatoms. The van der Waals surface area contributed by atoms with Gasteiger partial charge in [-0.25, -0.2) is 0 Å². The van der Waals surface area contributed by atoms with E-state index in [1.807, 2.05) is 23.1 Å². The molecule has 0 unspecified atom stereocenters. The Bertz CT molecular complexity index is 182. The lowest BCUT2D eigenvalue weighted by molar-refractivity contribution is 1.13. The van der Waals surface area contributed by atoms with E-state index in [0.717, 1.165) is 0 Å². The van der Waals surface area contributed by atoms with Crippen molar-refractivity contribution in [2.45, 2.75) is 12.2 Å². The molecule has 0 fully saturated rings. The minimum absolute atomic E-state index is 1.25. The molecule has 0 saturated heterocycles. The Balaban J connectivity index is 2.39. The largest absolute Gasteiger partial charge is 0.157 e. The highest BCUT2D eigenvalue weighted by atomic mass is 32.2. The molecule has 0 spiro atoms. The summed E-state index contributed by atoms with van der Waals surface area (Å²) in [6.45, 7) is 0. The maximum absolute atomic E-state index is 2.26. The van der Waals surface area contributed by atoms with Gasteiger partial charge in [0.05, 0.1) is 0 Å². The van der Waals surface area contributed by atoms with E-state index in [1.54, 1.807) is 10.4 Å². The molecule has 0 aromatic carbocycles. The lowest BCUT2D eigenvalue weighted by Crippen LogP contribution is -1.96. The van der Waals surface area contributed by atoms with E-state index in [2.05, 4.69) is 11.4 Å². The van der Waals surface area contributed by atoms with Crippen molar-refractivity contribution in [3.63, 3.8) is 0 Å². The van der Waals surface area contributed by atoms with Crippen molar-refractivity contribution in [2.75, 3.05) is 5.75 Å². The summed E-state index contributed by atoms with van der Waals surface area (Å²) in [5.41, 5.74) is 1.58. The molecule has 1 aromatic rings. The second kappa shape index (κ2) is 2.35. The van der Waals surface area contributed by atoms with Crippen molar-refractivity contribution in [2.24, 2.45) is 0 Å². The minimum atomic E-state index is 1.25. The van der Waals surface area contributed by atoms with Gasteiger partial charge in [0, 0.05) is 10.6 Å². The number of rotatable bonds is 0. The SMILES string of the molecule is c1cc2c(s1)CCSC2. The van der Waals surface area contributed by atoms with E-state index < -0.39 is 0 Å². The summed E-state index contributed by atoms with van der Waals surface area (Å²) in [5.74, 6) is 2.58. The number of aryl methyl sites for hydroxylation is 1. The molecule has 0 N–H and O–H groups in total. The van der Waals surface area contributed by atoms with Crippen molar-refractivity contribution in [3.8, 4) is 0 Å². The summed E-state index contributed by atoms with van der Waals surface area (Å²) >= 11 is 3.96. The summed E-state index contributed by atoms with van der Waals surface area (Å²) in [4.78, 5) is 1.62. The first-order valence-corrected chi connectivity index (χ1v) is 5.13. The Morgan fingerprint density at radius 2 is 2.44 bits per heavy atom. The fraction of sp³-hybridized carbons (Fsp3) is 0.429. The highest BCUT2D eigenvalue weighted by Gasteiger charge is 2.08. The predicted octanol–water partition coefficient (Wildman–Crippen LogP) is 2.54. The quantitative estimate of drug-likeness (QED) is 0.556. The Hall–Kier alpha value is 0.0500. The zero-order valence-corrected chi connectivity index (χ0v) is 6.73. The number of hydrogen-bond acceptors (Lipinski definition) is 2. The van der Waals surface area contributed by atoms with Crippen LogP contribution in [0.15, 0.2) is 11.4 Å². The van der Waals surface area contributed by atoms with Crippen LogP contribution < -0.4 is 0 Å². The van der Waals surface area contributed by atoms with Crippen molar-refractivity contribution >= 4 is 23.1 Å². The molecule has 0 saturated carbocycles. The second-order valence-electron chi connectivity index (χ2n) is 2.17. The molecular formula is C7H8S2. The first-order valence-electron chi connectivity index (χ1n) is 3.10. The predicted molar refractivity (Wildman–Crippen MR) is 44.2 cm³/mol. The molecule has 0 atom stereocenters. The van der Waals surface area contributed by atoms with Crippen LogP contribution in [0.1, 0.15) is 10.4 Å². The molecule has 48 valence electrons. The van der Waals surface area contributed by atoms with Gasteiger partial charge in [-0.3, -0.25) is 0 Å². The average Bonchev–Trinajstić information content (AvgIpc) is 2.33. The average molecular weight is 156 g/mol. The number of thioether (sulfide) groups is 1. The normalized spacial score (nSPS) is 17.3. The molecule has 0 nitrogen and oxygen atoms in total. The van der Waals surface area contributed by atoms with E-state index in [9.17, 15) is 0 Å². The van der Waals surface area contributed by atoms with Crippen LogP contribution >= 0.6 is 23.1 Å². The van der Waals surface area contributed by atoms with Crippen LogP contribution in [-0.2, 0) is 12.2 Å². The maximum atomic E-state index is 2.26. The van der Waals surface area contributed by atoms with Crippen LogP contribution in [0.5, 0.6) is 0 Å². The van der Waals surface area contributed by atoms with Crippen molar-refractivity contribution in [1.82, 2.24) is 0 Å². The van der Waals surface area contributed by atoms with Gasteiger partial charge in [-0.05, 0) is 29.2 Å². The Morgan fingerprint density at radius 1 is 1.44 bits per heavy atom. The van der Waals surface area contributed by atoms with Gasteiger partial charge in [0.2, 0.25) is 0 Å². The lowest BCUT2D eigenvalue weighted by atomic mass is 10.2. The number of thiophene rings is 1. The van der Waals surface area contributed by atoms with Crippen LogP contribution in [-0.4, -0.2) is 5.75 Å². The summed E-state index contributed by atoms with van der Waals surface area (Å²) in [6, 6.07) is 2.26. The molecule has 2 heterocycles. The Morgan fingerprint density at radius 3 is 3.33 bits per heavy atom. The fourth-order valence-corrected chi connectivity index (χ4v) is 3.17. The molecule has 0 bridgehead atoms. The number of fused-ring (bicyclic) bond motifs is 1. The molecule has 0 radical (unpaired) electrons. The fourth-order valence-electron chi connectivity index (χ4n) is 1.06.